The molecule has 0 spiro atoms. The van der Waals surface area contributed by atoms with E-state index in [0.29, 0.717) is 5.92 Å². The van der Waals surface area contributed by atoms with Gasteiger partial charge in [-0.2, -0.15) is 5.26 Å². The Hall–Kier alpha value is -0.550. The summed E-state index contributed by atoms with van der Waals surface area (Å²) >= 11 is 0. The van der Waals surface area contributed by atoms with Crippen molar-refractivity contribution in [3.05, 3.63) is 0 Å². The van der Waals surface area contributed by atoms with Crippen LogP contribution in [0.5, 0.6) is 0 Å². The first-order valence-electron chi connectivity index (χ1n) is 7.80. The second-order valence-electron chi connectivity index (χ2n) is 6.18. The van der Waals surface area contributed by atoms with Gasteiger partial charge in [0.15, 0.2) is 0 Å². The average molecular weight is 249 g/mol. The third-order valence-electron chi connectivity index (χ3n) is 5.07. The third kappa shape index (κ3) is 3.72. The maximum atomic E-state index is 8.94. The van der Waals surface area contributed by atoms with Gasteiger partial charge in [-0.3, -0.25) is 0 Å². The Balaban J connectivity index is 1.69. The monoisotopic (exact) mass is 249 g/mol. The van der Waals surface area contributed by atoms with Crippen LogP contribution in [-0.2, 0) is 4.74 Å². The first-order chi connectivity index (χ1) is 8.83. The topological polar surface area (TPSA) is 33.0 Å². The van der Waals surface area contributed by atoms with Gasteiger partial charge in [-0.25, -0.2) is 0 Å². The molecule has 2 saturated carbocycles. The number of nitriles is 1. The molecule has 102 valence electrons. The van der Waals surface area contributed by atoms with Gasteiger partial charge in [-0.1, -0.05) is 0 Å². The van der Waals surface area contributed by atoms with Gasteiger partial charge in [-0.05, 0) is 76.0 Å². The lowest BCUT2D eigenvalue weighted by Gasteiger charge is -2.36. The molecule has 2 fully saturated rings. The van der Waals surface area contributed by atoms with Crippen molar-refractivity contribution in [3.8, 4) is 6.07 Å². The number of hydrogen-bond donors (Lipinski definition) is 0. The molecule has 2 aliphatic carbocycles. The lowest BCUT2D eigenvalue weighted by atomic mass is 9.69. The van der Waals surface area contributed by atoms with Gasteiger partial charge in [0.25, 0.3) is 0 Å². The van der Waals surface area contributed by atoms with Gasteiger partial charge >= 0.3 is 0 Å². The molecular formula is C16H27NO. The summed E-state index contributed by atoms with van der Waals surface area (Å²) in [5, 5.41) is 8.94. The fourth-order valence-electron chi connectivity index (χ4n) is 3.83. The summed E-state index contributed by atoms with van der Waals surface area (Å²) < 4.78 is 5.55. The fourth-order valence-corrected chi connectivity index (χ4v) is 3.83. The molecule has 0 atom stereocenters. The van der Waals surface area contributed by atoms with Crippen molar-refractivity contribution in [2.24, 2.45) is 23.7 Å². The van der Waals surface area contributed by atoms with E-state index < -0.39 is 0 Å². The quantitative estimate of drug-likeness (QED) is 0.749. The molecule has 0 radical (unpaired) electrons. The Morgan fingerprint density at radius 2 is 1.50 bits per heavy atom. The highest BCUT2D eigenvalue weighted by Gasteiger charge is 2.30. The van der Waals surface area contributed by atoms with Crippen LogP contribution < -0.4 is 0 Å². The highest BCUT2D eigenvalue weighted by Crippen LogP contribution is 2.41. The molecule has 2 heteroatoms. The zero-order chi connectivity index (χ0) is 12.8. The van der Waals surface area contributed by atoms with E-state index in [0.717, 1.165) is 43.8 Å². The van der Waals surface area contributed by atoms with Crippen LogP contribution in [0.3, 0.4) is 0 Å². The van der Waals surface area contributed by atoms with Crippen molar-refractivity contribution < 1.29 is 4.74 Å². The highest BCUT2D eigenvalue weighted by atomic mass is 16.5. The molecule has 0 aliphatic heterocycles. The van der Waals surface area contributed by atoms with E-state index in [1.807, 2.05) is 0 Å². The van der Waals surface area contributed by atoms with Crippen LogP contribution in [0.25, 0.3) is 0 Å². The largest absolute Gasteiger partial charge is 0.381 e. The zero-order valence-corrected chi connectivity index (χ0v) is 11.7. The predicted octanol–water partition coefficient (Wildman–Crippen LogP) is 4.16. The Kier molecular flexibility index (Phi) is 5.50. The van der Waals surface area contributed by atoms with Crippen molar-refractivity contribution in [2.45, 2.75) is 58.3 Å². The number of rotatable bonds is 4. The van der Waals surface area contributed by atoms with Crippen molar-refractivity contribution >= 4 is 0 Å². The molecule has 0 aromatic rings. The van der Waals surface area contributed by atoms with Crippen molar-refractivity contribution in [1.29, 1.82) is 5.26 Å². The van der Waals surface area contributed by atoms with E-state index >= 15 is 0 Å². The van der Waals surface area contributed by atoms with Crippen molar-refractivity contribution in [1.82, 2.24) is 0 Å². The normalized spacial score (nSPS) is 37.1. The molecule has 0 aromatic heterocycles. The van der Waals surface area contributed by atoms with Crippen LogP contribution in [0.2, 0.25) is 0 Å². The molecule has 0 unspecified atom stereocenters. The van der Waals surface area contributed by atoms with E-state index in [9.17, 15) is 0 Å². The van der Waals surface area contributed by atoms with Crippen molar-refractivity contribution in [3.63, 3.8) is 0 Å². The summed E-state index contributed by atoms with van der Waals surface area (Å²) in [5.41, 5.74) is 0. The molecule has 0 aromatic carbocycles. The second-order valence-corrected chi connectivity index (χ2v) is 6.18. The summed E-state index contributed by atoms with van der Waals surface area (Å²) in [6.45, 7) is 3.92. The van der Waals surface area contributed by atoms with Gasteiger partial charge in [0.05, 0.1) is 6.07 Å². The molecule has 2 nitrogen and oxygen atoms in total. The molecule has 0 amide bonds. The maximum absolute atomic E-state index is 8.94. The zero-order valence-electron chi connectivity index (χ0n) is 11.7. The van der Waals surface area contributed by atoms with Crippen LogP contribution in [0.15, 0.2) is 0 Å². The van der Waals surface area contributed by atoms with Gasteiger partial charge in [-0.15, -0.1) is 0 Å². The lowest BCUT2D eigenvalue weighted by Crippen LogP contribution is -2.26. The number of hydrogen-bond acceptors (Lipinski definition) is 2. The van der Waals surface area contributed by atoms with E-state index in [4.69, 9.17) is 10.00 Å². The third-order valence-corrected chi connectivity index (χ3v) is 5.07. The van der Waals surface area contributed by atoms with Gasteiger partial charge in [0, 0.05) is 19.1 Å². The Morgan fingerprint density at radius 1 is 0.944 bits per heavy atom. The van der Waals surface area contributed by atoms with E-state index in [-0.39, 0.29) is 0 Å². The Morgan fingerprint density at radius 3 is 2.00 bits per heavy atom. The van der Waals surface area contributed by atoms with Crippen molar-refractivity contribution in [2.75, 3.05) is 13.2 Å². The molecule has 0 bridgehead atoms. The summed E-state index contributed by atoms with van der Waals surface area (Å²) in [4.78, 5) is 0. The van der Waals surface area contributed by atoms with Crippen LogP contribution in [0, 0.1) is 35.0 Å². The fraction of sp³-hybridized carbons (Fsp3) is 0.938. The molecular weight excluding hydrogens is 222 g/mol. The minimum absolute atomic E-state index is 0.357. The Labute approximate surface area is 112 Å². The maximum Gasteiger partial charge on any atom is 0.0655 e. The summed E-state index contributed by atoms with van der Waals surface area (Å²) in [7, 11) is 0. The van der Waals surface area contributed by atoms with Gasteiger partial charge < -0.3 is 4.74 Å². The summed E-state index contributed by atoms with van der Waals surface area (Å²) in [6.07, 6.45) is 10.4. The summed E-state index contributed by atoms with van der Waals surface area (Å²) in [5.74, 6) is 3.04. The predicted molar refractivity (Wildman–Crippen MR) is 73.0 cm³/mol. The van der Waals surface area contributed by atoms with Crippen LogP contribution in [0.1, 0.15) is 58.3 Å². The minimum Gasteiger partial charge on any atom is -0.381 e. The SMILES string of the molecule is CCOCC1CCC([C@H]2CC[C@H](C#N)CC2)CC1. The number of nitrogens with zero attached hydrogens (tertiary/aromatic N) is 1. The Bertz CT molecular complexity index is 267. The molecule has 2 rings (SSSR count). The first kappa shape index (κ1) is 13.9. The first-order valence-corrected chi connectivity index (χ1v) is 7.80. The lowest BCUT2D eigenvalue weighted by molar-refractivity contribution is 0.0728. The number of ether oxygens (including phenoxy) is 1. The van der Waals surface area contributed by atoms with Crippen LogP contribution in [-0.4, -0.2) is 13.2 Å². The van der Waals surface area contributed by atoms with Gasteiger partial charge in [0.1, 0.15) is 0 Å². The molecule has 0 N–H and O–H groups in total. The van der Waals surface area contributed by atoms with E-state index in [2.05, 4.69) is 13.0 Å². The highest BCUT2D eigenvalue weighted by molar-refractivity contribution is 4.89. The summed E-state index contributed by atoms with van der Waals surface area (Å²) in [6, 6.07) is 2.44. The molecule has 18 heavy (non-hydrogen) atoms. The smallest absolute Gasteiger partial charge is 0.0655 e. The second kappa shape index (κ2) is 7.14. The average Bonchev–Trinajstić information content (AvgIpc) is 2.46. The standard InChI is InChI=1S/C16H27NO/c1-2-18-12-14-5-9-16(10-6-14)15-7-3-13(11-17)4-8-15/h13-16H,2-10,12H2,1H3/t13-,14?,15-,16?. The van der Waals surface area contributed by atoms with Crippen LogP contribution in [0.4, 0.5) is 0 Å². The molecule has 0 saturated heterocycles. The van der Waals surface area contributed by atoms with E-state index in [1.165, 1.54) is 38.5 Å². The van der Waals surface area contributed by atoms with Gasteiger partial charge in [0.2, 0.25) is 0 Å². The molecule has 0 heterocycles. The van der Waals surface area contributed by atoms with E-state index in [1.54, 1.807) is 0 Å². The van der Waals surface area contributed by atoms with Crippen LogP contribution >= 0.6 is 0 Å². The minimum atomic E-state index is 0.357. The molecule has 2 aliphatic rings.